The smallest absolute Gasteiger partial charge is 0.212 e. The Morgan fingerprint density at radius 3 is 2.74 bits per heavy atom. The summed E-state index contributed by atoms with van der Waals surface area (Å²) >= 11 is 7.71. The van der Waals surface area contributed by atoms with Crippen LogP contribution in [-0.4, -0.2) is 36.0 Å². The predicted octanol–water partition coefficient (Wildman–Crippen LogP) is 4.96. The van der Waals surface area contributed by atoms with Gasteiger partial charge in [0.1, 0.15) is 5.60 Å². The summed E-state index contributed by atoms with van der Waals surface area (Å²) in [5.41, 5.74) is 6.04. The Hall–Kier alpha value is -2.60. The molecule has 2 atom stereocenters. The normalized spacial score (nSPS) is 16.4. The number of fused-ring (bicyclic) bond motifs is 1. The molecule has 2 aromatic heterocycles. The van der Waals surface area contributed by atoms with Crippen LogP contribution in [0.25, 0.3) is 21.3 Å². The van der Waals surface area contributed by atoms with Crippen LogP contribution in [0.5, 0.6) is 0 Å². The van der Waals surface area contributed by atoms with Crippen LogP contribution in [0.1, 0.15) is 41.8 Å². The molecule has 1 fully saturated rings. The fourth-order valence-electron chi connectivity index (χ4n) is 4.36. The van der Waals surface area contributed by atoms with Crippen molar-refractivity contribution < 1.29 is 23.0 Å². The number of nitrogens with one attached hydrogen (secondary N) is 1. The minimum atomic E-state index is -3.76. The van der Waals surface area contributed by atoms with Gasteiger partial charge in [-0.3, -0.25) is 4.98 Å². The highest BCUT2D eigenvalue weighted by Gasteiger charge is 2.33. The van der Waals surface area contributed by atoms with Crippen molar-refractivity contribution in [3.8, 4) is 11.3 Å². The Bertz CT molecular complexity index is 1620. The summed E-state index contributed by atoms with van der Waals surface area (Å²) in [5, 5.41) is 21.0. The van der Waals surface area contributed by atoms with Crippen molar-refractivity contribution in [2.75, 3.05) is 18.1 Å². The Balaban J connectivity index is 1.64. The lowest BCUT2D eigenvalue weighted by molar-refractivity contribution is -0.00230. The van der Waals surface area contributed by atoms with Gasteiger partial charge in [0.25, 0.3) is 0 Å². The van der Waals surface area contributed by atoms with Crippen molar-refractivity contribution >= 4 is 48.7 Å². The van der Waals surface area contributed by atoms with Gasteiger partial charge in [-0.1, -0.05) is 29.8 Å². The minimum Gasteiger partial charge on any atom is -0.396 e. The second-order valence-corrected chi connectivity index (χ2v) is 13.2. The zero-order valence-corrected chi connectivity index (χ0v) is 22.9. The van der Waals surface area contributed by atoms with Crippen LogP contribution < -0.4 is 10.5 Å². The van der Waals surface area contributed by atoms with E-state index in [1.165, 1.54) is 30.4 Å². The van der Waals surface area contributed by atoms with Gasteiger partial charge in [-0.15, -0.1) is 11.3 Å². The number of hydrogen-bond acceptors (Lipinski definition) is 7. The fourth-order valence-corrected chi connectivity index (χ4v) is 7.59. The number of nitrogens with two attached hydrogens (primary N) is 1. The van der Waals surface area contributed by atoms with Gasteiger partial charge < -0.3 is 15.9 Å². The quantitative estimate of drug-likeness (QED) is 0.209. The number of aliphatic hydroxyl groups is 2. The minimum absolute atomic E-state index is 0.0294. The highest BCUT2D eigenvalue weighted by molar-refractivity contribution is 7.89. The van der Waals surface area contributed by atoms with E-state index in [1.54, 1.807) is 24.4 Å². The van der Waals surface area contributed by atoms with Crippen molar-refractivity contribution in [2.45, 2.75) is 31.4 Å². The maximum absolute atomic E-state index is 15.3. The molecule has 0 spiro atoms. The number of aromatic nitrogens is 1. The Morgan fingerprint density at radius 1 is 1.26 bits per heavy atom. The van der Waals surface area contributed by atoms with Crippen LogP contribution in [0.3, 0.4) is 0 Å². The summed E-state index contributed by atoms with van der Waals surface area (Å²) in [6.45, 7) is 1.05. The van der Waals surface area contributed by atoms with Gasteiger partial charge in [-0.2, -0.15) is 0 Å². The lowest BCUT2D eigenvalue weighted by Crippen LogP contribution is -2.32. The molecule has 0 saturated heterocycles. The van der Waals surface area contributed by atoms with E-state index in [4.69, 9.17) is 17.3 Å². The summed E-state index contributed by atoms with van der Waals surface area (Å²) in [6, 6.07) is 12.4. The number of benzene rings is 2. The number of thiophene rings is 1. The third-order valence-corrected chi connectivity index (χ3v) is 9.79. The van der Waals surface area contributed by atoms with E-state index in [0.717, 1.165) is 28.5 Å². The summed E-state index contributed by atoms with van der Waals surface area (Å²) in [6.07, 6.45) is 3.25. The summed E-state index contributed by atoms with van der Waals surface area (Å²) in [4.78, 5) is 5.00. The molecule has 11 heteroatoms. The molecule has 38 heavy (non-hydrogen) atoms. The number of aliphatic hydroxyl groups excluding tert-OH is 1. The Morgan fingerprint density at radius 2 is 2.03 bits per heavy atom. The maximum atomic E-state index is 15.3. The molecule has 0 bridgehead atoms. The van der Waals surface area contributed by atoms with Gasteiger partial charge >= 0.3 is 0 Å². The largest absolute Gasteiger partial charge is 0.396 e. The molecule has 5 rings (SSSR count). The number of halogens is 2. The van der Waals surface area contributed by atoms with E-state index in [-0.39, 0.29) is 27.9 Å². The van der Waals surface area contributed by atoms with E-state index in [0.29, 0.717) is 16.1 Å². The fraction of sp³-hybridized carbons (Fsp3) is 0.296. The number of rotatable bonds is 9. The number of sulfonamides is 1. The molecule has 1 saturated carbocycles. The van der Waals surface area contributed by atoms with Gasteiger partial charge in [-0.25, -0.2) is 17.5 Å². The standard InChI is InChI=1S/C27H27ClFN3O4S2/c1-27(34,14-33)17-9-10-31-21(12-17)18-4-2-3-16-11-22(37-26(16)18)25(32-38(35,36)13-15-5-6-15)23-19(28)7-8-20(30)24(23)29/h2-4,7-12,15,25,32-34H,5-6,13-14,30H2,1H3. The SMILES string of the molecule is CC(O)(CO)c1ccnc(-c2cccc3cc(C(NS(=O)(=O)CC4CC4)c4c(Cl)ccc(N)c4F)sc23)c1. The Kier molecular flexibility index (Phi) is 7.23. The summed E-state index contributed by atoms with van der Waals surface area (Å²) < 4.78 is 44.9. The topological polar surface area (TPSA) is 126 Å². The zero-order valence-electron chi connectivity index (χ0n) is 20.5. The molecule has 0 radical (unpaired) electrons. The summed E-state index contributed by atoms with van der Waals surface area (Å²) in [7, 11) is -3.76. The van der Waals surface area contributed by atoms with E-state index in [9.17, 15) is 18.6 Å². The molecule has 2 aromatic carbocycles. The molecular weight excluding hydrogens is 549 g/mol. The molecule has 2 unspecified atom stereocenters. The van der Waals surface area contributed by atoms with Crippen molar-refractivity contribution in [1.82, 2.24) is 9.71 Å². The zero-order chi connectivity index (χ0) is 27.2. The molecule has 1 aliphatic rings. The van der Waals surface area contributed by atoms with Gasteiger partial charge in [0.2, 0.25) is 10.0 Å². The second-order valence-electron chi connectivity index (χ2n) is 9.87. The van der Waals surface area contributed by atoms with Crippen LogP contribution >= 0.6 is 22.9 Å². The van der Waals surface area contributed by atoms with Crippen molar-refractivity contribution in [2.24, 2.45) is 5.92 Å². The van der Waals surface area contributed by atoms with Crippen LogP contribution in [0.15, 0.2) is 54.7 Å². The first kappa shape index (κ1) is 27.0. The van der Waals surface area contributed by atoms with E-state index in [1.807, 2.05) is 18.2 Å². The Labute approximate surface area is 229 Å². The van der Waals surface area contributed by atoms with Crippen molar-refractivity contribution in [3.05, 3.63) is 81.6 Å². The summed E-state index contributed by atoms with van der Waals surface area (Å²) in [5.74, 6) is -0.712. The molecule has 200 valence electrons. The van der Waals surface area contributed by atoms with Crippen LogP contribution in [0.2, 0.25) is 5.02 Å². The van der Waals surface area contributed by atoms with E-state index in [2.05, 4.69) is 9.71 Å². The monoisotopic (exact) mass is 575 g/mol. The molecule has 5 N–H and O–H groups in total. The maximum Gasteiger partial charge on any atom is 0.212 e. The number of anilines is 1. The first-order valence-corrected chi connectivity index (χ1v) is 14.9. The number of nitrogens with zero attached hydrogens (tertiary/aromatic N) is 1. The molecule has 7 nitrogen and oxygen atoms in total. The second kappa shape index (κ2) is 10.2. The van der Waals surface area contributed by atoms with E-state index >= 15 is 4.39 Å². The number of pyridine rings is 1. The van der Waals surface area contributed by atoms with Crippen molar-refractivity contribution in [1.29, 1.82) is 0 Å². The predicted molar refractivity (Wildman–Crippen MR) is 149 cm³/mol. The van der Waals surface area contributed by atoms with E-state index < -0.39 is 34.1 Å². The molecule has 0 amide bonds. The average Bonchev–Trinajstić information content (AvgIpc) is 3.57. The highest BCUT2D eigenvalue weighted by atomic mass is 35.5. The van der Waals surface area contributed by atoms with Crippen molar-refractivity contribution in [3.63, 3.8) is 0 Å². The van der Waals surface area contributed by atoms with Gasteiger partial charge in [0.15, 0.2) is 5.82 Å². The highest BCUT2D eigenvalue weighted by Crippen LogP contribution is 2.42. The van der Waals surface area contributed by atoms with Gasteiger partial charge in [0, 0.05) is 31.9 Å². The lowest BCUT2D eigenvalue weighted by Gasteiger charge is -2.21. The van der Waals surface area contributed by atoms with Gasteiger partial charge in [0.05, 0.1) is 29.8 Å². The third-order valence-electron chi connectivity index (χ3n) is 6.71. The first-order chi connectivity index (χ1) is 18.0. The molecule has 1 aliphatic carbocycles. The van der Waals surface area contributed by atoms with Crippen LogP contribution in [0, 0.1) is 11.7 Å². The molecular formula is C27H27ClFN3O4S2. The van der Waals surface area contributed by atoms with Crippen LogP contribution in [0.4, 0.5) is 10.1 Å². The molecule has 2 heterocycles. The molecule has 4 aromatic rings. The number of nitrogen functional groups attached to an aromatic ring is 1. The average molecular weight is 576 g/mol. The van der Waals surface area contributed by atoms with Gasteiger partial charge in [-0.05, 0) is 67.0 Å². The van der Waals surface area contributed by atoms with Crippen LogP contribution in [-0.2, 0) is 15.6 Å². The lowest BCUT2D eigenvalue weighted by atomic mass is 9.96. The third kappa shape index (κ3) is 5.42. The first-order valence-electron chi connectivity index (χ1n) is 12.0. The molecule has 0 aliphatic heterocycles. The number of hydrogen-bond donors (Lipinski definition) is 4.